The van der Waals surface area contributed by atoms with Crippen LogP contribution < -0.4 is 0 Å². The topological polar surface area (TPSA) is 114 Å². The second-order valence-corrected chi connectivity index (χ2v) is 8.33. The summed E-state index contributed by atoms with van der Waals surface area (Å²) in [5.74, 6) is 0. The Hall–Kier alpha value is -2.39. The molecule has 0 aliphatic carbocycles. The van der Waals surface area contributed by atoms with Crippen LogP contribution in [0.2, 0.25) is 0 Å². The Bertz CT molecular complexity index is 881. The Balaban J connectivity index is 1.72. The van der Waals surface area contributed by atoms with E-state index in [9.17, 15) is 15.0 Å². The fourth-order valence-electron chi connectivity index (χ4n) is 3.66. The lowest BCUT2D eigenvalue weighted by Gasteiger charge is -2.29. The number of hydrogen-bond acceptors (Lipinski definition) is 7. The smallest absolute Gasteiger partial charge is 0.410 e. The van der Waals surface area contributed by atoms with E-state index in [0.29, 0.717) is 30.8 Å². The van der Waals surface area contributed by atoms with Gasteiger partial charge in [0.05, 0.1) is 31.1 Å². The van der Waals surface area contributed by atoms with Gasteiger partial charge in [-0.2, -0.15) is 5.10 Å². The van der Waals surface area contributed by atoms with Gasteiger partial charge in [0.1, 0.15) is 23.2 Å². The molecule has 9 heteroatoms. The fraction of sp³-hybridized carbons (Fsp3) is 0.611. The number of aliphatic hydroxyl groups excluding tert-OH is 1. The van der Waals surface area contributed by atoms with Crippen LogP contribution >= 0.6 is 0 Å². The highest BCUT2D eigenvalue weighted by Crippen LogP contribution is 2.37. The van der Waals surface area contributed by atoms with E-state index in [0.717, 1.165) is 17.0 Å². The molecule has 0 saturated heterocycles. The summed E-state index contributed by atoms with van der Waals surface area (Å²) in [5.41, 5.74) is 1.87. The molecule has 0 radical (unpaired) electrons. The first-order valence-electron chi connectivity index (χ1n) is 9.02. The van der Waals surface area contributed by atoms with E-state index in [4.69, 9.17) is 9.26 Å². The van der Waals surface area contributed by atoms with Crippen LogP contribution in [-0.4, -0.2) is 60.5 Å². The Morgan fingerprint density at radius 2 is 2.22 bits per heavy atom. The molecule has 0 fully saturated rings. The molecule has 2 aromatic heterocycles. The zero-order valence-corrected chi connectivity index (χ0v) is 15.7. The highest BCUT2D eigenvalue weighted by atomic mass is 16.6. The van der Waals surface area contributed by atoms with Gasteiger partial charge in [-0.1, -0.05) is 5.16 Å². The van der Waals surface area contributed by atoms with Crippen molar-refractivity contribution < 1.29 is 24.3 Å². The molecule has 4 heterocycles. The quantitative estimate of drug-likeness (QED) is 0.766. The normalized spacial score (nSPS) is 21.9. The van der Waals surface area contributed by atoms with Crippen molar-refractivity contribution in [2.75, 3.05) is 13.2 Å². The molecular formula is C18H24N4O5. The number of amides is 1. The predicted molar refractivity (Wildman–Crippen MR) is 93.8 cm³/mol. The summed E-state index contributed by atoms with van der Waals surface area (Å²) in [6, 6.07) is 0. The molecule has 2 aromatic rings. The van der Waals surface area contributed by atoms with Crippen LogP contribution in [0.15, 0.2) is 10.8 Å². The predicted octanol–water partition coefficient (Wildman–Crippen LogP) is 1.11. The Morgan fingerprint density at radius 3 is 2.93 bits per heavy atom. The first kappa shape index (κ1) is 18.0. The highest BCUT2D eigenvalue weighted by Gasteiger charge is 2.39. The van der Waals surface area contributed by atoms with E-state index >= 15 is 0 Å². The van der Waals surface area contributed by atoms with Crippen molar-refractivity contribution >= 4 is 6.09 Å². The molecule has 4 rings (SSSR count). The van der Waals surface area contributed by atoms with Crippen LogP contribution in [0.5, 0.6) is 0 Å². The van der Waals surface area contributed by atoms with Gasteiger partial charge in [0.15, 0.2) is 0 Å². The number of aliphatic hydroxyl groups is 2. The molecule has 1 amide bonds. The van der Waals surface area contributed by atoms with Crippen molar-refractivity contribution in [3.63, 3.8) is 0 Å². The van der Waals surface area contributed by atoms with Crippen molar-refractivity contribution in [2.24, 2.45) is 0 Å². The number of fused-ring (bicyclic) bond motifs is 5. The van der Waals surface area contributed by atoms with E-state index in [1.165, 1.54) is 6.26 Å². The van der Waals surface area contributed by atoms with Gasteiger partial charge in [-0.05, 0) is 20.8 Å². The zero-order valence-electron chi connectivity index (χ0n) is 15.7. The third-order valence-electron chi connectivity index (χ3n) is 4.88. The van der Waals surface area contributed by atoms with Crippen LogP contribution in [-0.2, 0) is 30.7 Å². The minimum atomic E-state index is -1.34. The van der Waals surface area contributed by atoms with Gasteiger partial charge in [0.2, 0.25) is 0 Å². The molecule has 0 aromatic carbocycles. The molecule has 1 unspecified atom stereocenters. The molecule has 1 atom stereocenters. The van der Waals surface area contributed by atoms with Gasteiger partial charge in [-0.25, -0.2) is 4.79 Å². The van der Waals surface area contributed by atoms with Crippen LogP contribution in [0.3, 0.4) is 0 Å². The number of rotatable bonds is 1. The molecule has 2 aliphatic rings. The number of nitrogens with zero attached hydrogens (tertiary/aromatic N) is 4. The van der Waals surface area contributed by atoms with Crippen LogP contribution in [0.4, 0.5) is 4.79 Å². The first-order valence-corrected chi connectivity index (χ1v) is 9.02. The van der Waals surface area contributed by atoms with Gasteiger partial charge in [-0.3, -0.25) is 4.68 Å². The summed E-state index contributed by atoms with van der Waals surface area (Å²) >= 11 is 0. The zero-order chi connectivity index (χ0) is 19.4. The first-order chi connectivity index (χ1) is 12.7. The SMILES string of the molecule is CC(C)(C)OC(=O)N1CCc2nn3c(c2C1)-c1nocc1CC(O)(CO)C3. The highest BCUT2D eigenvalue weighted by molar-refractivity contribution is 5.71. The molecule has 0 bridgehead atoms. The Kier molecular flexibility index (Phi) is 4.04. The summed E-state index contributed by atoms with van der Waals surface area (Å²) in [4.78, 5) is 14.1. The van der Waals surface area contributed by atoms with E-state index in [-0.39, 0.29) is 19.1 Å². The van der Waals surface area contributed by atoms with Gasteiger partial charge in [0, 0.05) is 30.5 Å². The Morgan fingerprint density at radius 1 is 1.44 bits per heavy atom. The van der Waals surface area contributed by atoms with Crippen molar-refractivity contribution in [3.8, 4) is 11.4 Å². The van der Waals surface area contributed by atoms with Gasteiger partial charge in [-0.15, -0.1) is 0 Å². The minimum Gasteiger partial charge on any atom is -0.444 e. The van der Waals surface area contributed by atoms with E-state index in [2.05, 4.69) is 10.3 Å². The van der Waals surface area contributed by atoms with Crippen LogP contribution in [0.25, 0.3) is 11.4 Å². The molecule has 27 heavy (non-hydrogen) atoms. The number of aromatic nitrogens is 3. The van der Waals surface area contributed by atoms with Gasteiger partial charge in [0.25, 0.3) is 0 Å². The lowest BCUT2D eigenvalue weighted by atomic mass is 9.96. The summed E-state index contributed by atoms with van der Waals surface area (Å²) in [6.07, 6.45) is 1.92. The molecular weight excluding hydrogens is 352 g/mol. The van der Waals surface area contributed by atoms with E-state index < -0.39 is 17.8 Å². The fourth-order valence-corrected chi connectivity index (χ4v) is 3.66. The Labute approximate surface area is 156 Å². The van der Waals surface area contributed by atoms with Crippen LogP contribution in [0, 0.1) is 0 Å². The second-order valence-electron chi connectivity index (χ2n) is 8.33. The maximum absolute atomic E-state index is 12.5. The lowest BCUT2D eigenvalue weighted by Crippen LogP contribution is -2.40. The van der Waals surface area contributed by atoms with E-state index in [1.54, 1.807) is 9.58 Å². The van der Waals surface area contributed by atoms with Gasteiger partial charge >= 0.3 is 6.09 Å². The number of carbonyl (C=O) groups is 1. The monoisotopic (exact) mass is 376 g/mol. The molecule has 0 saturated carbocycles. The summed E-state index contributed by atoms with van der Waals surface area (Å²) < 4.78 is 12.3. The van der Waals surface area contributed by atoms with Crippen molar-refractivity contribution in [2.45, 2.75) is 57.9 Å². The summed E-state index contributed by atoms with van der Waals surface area (Å²) in [6.45, 7) is 6.12. The minimum absolute atomic E-state index is 0.147. The number of carbonyl (C=O) groups excluding carboxylic acids is 1. The maximum Gasteiger partial charge on any atom is 0.410 e. The average Bonchev–Trinajstić information content (AvgIpc) is 3.13. The number of ether oxygens (including phenoxy) is 1. The van der Waals surface area contributed by atoms with Crippen LogP contribution in [0.1, 0.15) is 37.6 Å². The number of hydrogen-bond donors (Lipinski definition) is 2. The van der Waals surface area contributed by atoms with Crippen molar-refractivity contribution in [1.29, 1.82) is 0 Å². The molecule has 9 nitrogen and oxygen atoms in total. The summed E-state index contributed by atoms with van der Waals surface area (Å²) in [7, 11) is 0. The molecule has 2 N–H and O–H groups in total. The standard InChI is InChI=1S/C18H24N4O5/c1-17(2,3)27-16(24)21-5-4-13-12(7-21)15-14-11(8-26-20-14)6-18(25,10-23)9-22(15)19-13/h8,23,25H,4-7,9-10H2,1-3H3. The average molecular weight is 376 g/mol. The third-order valence-corrected chi connectivity index (χ3v) is 4.88. The largest absolute Gasteiger partial charge is 0.444 e. The van der Waals surface area contributed by atoms with Crippen molar-refractivity contribution in [3.05, 3.63) is 23.1 Å². The summed E-state index contributed by atoms with van der Waals surface area (Å²) in [5, 5.41) is 29.1. The third kappa shape index (κ3) is 3.21. The maximum atomic E-state index is 12.5. The lowest BCUT2D eigenvalue weighted by molar-refractivity contribution is -0.0287. The molecule has 0 spiro atoms. The molecule has 2 aliphatic heterocycles. The van der Waals surface area contributed by atoms with Gasteiger partial charge < -0.3 is 24.4 Å². The second kappa shape index (κ2) is 6.07. The van der Waals surface area contributed by atoms with E-state index in [1.807, 2.05) is 20.8 Å². The van der Waals surface area contributed by atoms with Crippen molar-refractivity contribution in [1.82, 2.24) is 19.8 Å². The molecule has 146 valence electrons.